The highest BCUT2D eigenvalue weighted by Crippen LogP contribution is 2.33. The number of aryl methyl sites for hydroxylation is 2. The van der Waals surface area contributed by atoms with Gasteiger partial charge in [0.05, 0.1) is 24.8 Å². The van der Waals surface area contributed by atoms with Gasteiger partial charge in [-0.2, -0.15) is 4.98 Å². The monoisotopic (exact) mass is 393 g/mol. The molecule has 3 heterocycles. The van der Waals surface area contributed by atoms with Gasteiger partial charge in [0.1, 0.15) is 5.75 Å². The van der Waals surface area contributed by atoms with Crippen LogP contribution in [0.5, 0.6) is 5.75 Å². The fourth-order valence-electron chi connectivity index (χ4n) is 3.89. The number of aromatic nitrogens is 5. The fourth-order valence-corrected chi connectivity index (χ4v) is 3.89. The van der Waals surface area contributed by atoms with Gasteiger partial charge >= 0.3 is 0 Å². The van der Waals surface area contributed by atoms with Crippen LogP contribution in [-0.2, 0) is 6.54 Å². The molecule has 0 saturated heterocycles. The lowest BCUT2D eigenvalue weighted by molar-refractivity contribution is 0.413. The Balaban J connectivity index is 1.35. The molecular formula is C21H27N7O. The van der Waals surface area contributed by atoms with Crippen molar-refractivity contribution < 1.29 is 4.74 Å². The summed E-state index contributed by atoms with van der Waals surface area (Å²) in [5.74, 6) is 3.31. The number of fused-ring (bicyclic) bond motifs is 1. The molecule has 5 rings (SSSR count). The zero-order valence-corrected chi connectivity index (χ0v) is 17.0. The summed E-state index contributed by atoms with van der Waals surface area (Å²) in [4.78, 5) is 11.5. The van der Waals surface area contributed by atoms with E-state index in [-0.39, 0.29) is 0 Å². The van der Waals surface area contributed by atoms with Crippen molar-refractivity contribution in [2.75, 3.05) is 30.4 Å². The molecule has 1 N–H and O–H groups in total. The van der Waals surface area contributed by atoms with Crippen LogP contribution in [0.15, 0.2) is 30.7 Å². The number of ether oxygens (including phenoxy) is 1. The average Bonchev–Trinajstić information content (AvgIpc) is 3.31. The molecule has 0 spiro atoms. The van der Waals surface area contributed by atoms with Crippen molar-refractivity contribution in [3.63, 3.8) is 0 Å². The molecule has 29 heavy (non-hydrogen) atoms. The number of hydrogen-bond acceptors (Lipinski definition) is 6. The average molecular weight is 393 g/mol. The van der Waals surface area contributed by atoms with Crippen LogP contribution in [0, 0.1) is 12.8 Å². The van der Waals surface area contributed by atoms with E-state index in [0.29, 0.717) is 5.95 Å². The quantitative estimate of drug-likeness (QED) is 0.662. The normalized spacial score (nSPS) is 16.0. The molecule has 1 fully saturated rings. The number of imidazole rings is 1. The smallest absolute Gasteiger partial charge is 0.248 e. The van der Waals surface area contributed by atoms with E-state index in [2.05, 4.69) is 20.3 Å². The second kappa shape index (κ2) is 7.42. The topological polar surface area (TPSA) is 73.0 Å². The van der Waals surface area contributed by atoms with Gasteiger partial charge in [-0.15, -0.1) is 5.10 Å². The molecule has 3 aromatic rings. The Morgan fingerprint density at radius 3 is 2.90 bits per heavy atom. The SMILES string of the molecule is COc1cc(Nc2nc3n(n2)CCCN3CCC2CC2)ccc1-n1cnc(C)c1. The number of nitrogens with one attached hydrogen (secondary N) is 1. The molecule has 1 aliphatic carbocycles. The van der Waals surface area contributed by atoms with Gasteiger partial charge in [-0.05, 0) is 37.8 Å². The third-order valence-electron chi connectivity index (χ3n) is 5.66. The van der Waals surface area contributed by atoms with Crippen molar-refractivity contribution in [1.82, 2.24) is 24.3 Å². The highest BCUT2D eigenvalue weighted by atomic mass is 16.5. The number of rotatable bonds is 7. The van der Waals surface area contributed by atoms with Crippen LogP contribution in [0.1, 0.15) is 31.4 Å². The first-order valence-corrected chi connectivity index (χ1v) is 10.4. The van der Waals surface area contributed by atoms with Crippen molar-refractivity contribution in [2.45, 2.75) is 39.2 Å². The zero-order valence-electron chi connectivity index (χ0n) is 17.0. The summed E-state index contributed by atoms with van der Waals surface area (Å²) in [7, 11) is 1.68. The third kappa shape index (κ3) is 3.79. The molecule has 0 radical (unpaired) electrons. The molecule has 0 atom stereocenters. The minimum absolute atomic E-state index is 0.631. The predicted octanol–water partition coefficient (Wildman–Crippen LogP) is 3.53. The van der Waals surface area contributed by atoms with E-state index in [1.54, 1.807) is 13.4 Å². The summed E-state index contributed by atoms with van der Waals surface area (Å²) >= 11 is 0. The lowest BCUT2D eigenvalue weighted by atomic mass is 10.2. The maximum atomic E-state index is 5.60. The standard InChI is InChI=1S/C21H27N7O/c1-15-13-27(14-22-15)18-7-6-17(12-19(18)29-2)23-20-24-21-26(11-8-16-4-5-16)9-3-10-28(21)25-20/h6-7,12-14,16H,3-5,8-11H2,1-2H3,(H,23,25). The highest BCUT2D eigenvalue weighted by molar-refractivity contribution is 5.62. The minimum atomic E-state index is 0.631. The van der Waals surface area contributed by atoms with Gasteiger partial charge in [-0.1, -0.05) is 12.8 Å². The lowest BCUT2D eigenvalue weighted by Gasteiger charge is -2.27. The van der Waals surface area contributed by atoms with Crippen molar-refractivity contribution in [3.05, 3.63) is 36.4 Å². The Morgan fingerprint density at radius 2 is 2.14 bits per heavy atom. The van der Waals surface area contributed by atoms with E-state index in [4.69, 9.17) is 9.72 Å². The van der Waals surface area contributed by atoms with E-state index in [1.165, 1.54) is 19.3 Å². The molecule has 2 aliphatic rings. The first-order valence-electron chi connectivity index (χ1n) is 10.4. The van der Waals surface area contributed by atoms with E-state index < -0.39 is 0 Å². The Hall–Kier alpha value is -3.03. The summed E-state index contributed by atoms with van der Waals surface area (Å²) in [6, 6.07) is 5.99. The Kier molecular flexibility index (Phi) is 4.61. The fraction of sp³-hybridized carbons (Fsp3) is 0.476. The lowest BCUT2D eigenvalue weighted by Crippen LogP contribution is -2.33. The van der Waals surface area contributed by atoms with Gasteiger partial charge in [0.25, 0.3) is 0 Å². The molecule has 2 aromatic heterocycles. The second-order valence-corrected chi connectivity index (χ2v) is 7.97. The molecule has 8 heteroatoms. The van der Waals surface area contributed by atoms with Crippen LogP contribution in [0.4, 0.5) is 17.6 Å². The summed E-state index contributed by atoms with van der Waals surface area (Å²) in [5, 5.41) is 8.02. The molecule has 1 saturated carbocycles. The first-order chi connectivity index (χ1) is 14.2. The molecule has 1 aliphatic heterocycles. The molecule has 0 amide bonds. The van der Waals surface area contributed by atoms with Crippen molar-refractivity contribution in [3.8, 4) is 11.4 Å². The van der Waals surface area contributed by atoms with E-state index in [9.17, 15) is 0 Å². The predicted molar refractivity (Wildman–Crippen MR) is 112 cm³/mol. The van der Waals surface area contributed by atoms with Gasteiger partial charge in [-0.25, -0.2) is 9.67 Å². The number of methoxy groups -OCH3 is 1. The van der Waals surface area contributed by atoms with Gasteiger partial charge in [0.2, 0.25) is 11.9 Å². The maximum Gasteiger partial charge on any atom is 0.248 e. The largest absolute Gasteiger partial charge is 0.494 e. The van der Waals surface area contributed by atoms with Crippen molar-refractivity contribution >= 4 is 17.6 Å². The van der Waals surface area contributed by atoms with Crippen molar-refractivity contribution in [2.24, 2.45) is 5.92 Å². The van der Waals surface area contributed by atoms with Crippen LogP contribution in [-0.4, -0.2) is 44.5 Å². The molecule has 152 valence electrons. The number of nitrogens with zero attached hydrogens (tertiary/aromatic N) is 6. The molecule has 1 aromatic carbocycles. The van der Waals surface area contributed by atoms with Crippen LogP contribution in [0.2, 0.25) is 0 Å². The second-order valence-electron chi connectivity index (χ2n) is 7.97. The van der Waals surface area contributed by atoms with Crippen LogP contribution >= 0.6 is 0 Å². The van der Waals surface area contributed by atoms with E-state index >= 15 is 0 Å². The molecule has 0 bridgehead atoms. The van der Waals surface area contributed by atoms with Crippen LogP contribution in [0.3, 0.4) is 0 Å². The Bertz CT molecular complexity index is 1000. The Labute approximate surface area is 170 Å². The summed E-state index contributed by atoms with van der Waals surface area (Å²) in [5.41, 5.74) is 2.81. The maximum absolute atomic E-state index is 5.60. The zero-order chi connectivity index (χ0) is 19.8. The van der Waals surface area contributed by atoms with Gasteiger partial charge in [0, 0.05) is 37.6 Å². The van der Waals surface area contributed by atoms with E-state index in [1.807, 2.05) is 40.6 Å². The van der Waals surface area contributed by atoms with Crippen LogP contribution < -0.4 is 15.0 Å². The molecule has 8 nitrogen and oxygen atoms in total. The minimum Gasteiger partial charge on any atom is -0.494 e. The van der Waals surface area contributed by atoms with Crippen LogP contribution in [0.25, 0.3) is 5.69 Å². The summed E-state index contributed by atoms with van der Waals surface area (Å²) in [6.07, 6.45) is 8.94. The molecule has 0 unspecified atom stereocenters. The highest BCUT2D eigenvalue weighted by Gasteiger charge is 2.25. The first kappa shape index (κ1) is 18.0. The van der Waals surface area contributed by atoms with Gasteiger partial charge < -0.3 is 19.5 Å². The van der Waals surface area contributed by atoms with Crippen molar-refractivity contribution in [1.29, 1.82) is 0 Å². The van der Waals surface area contributed by atoms with Gasteiger partial charge in [0.15, 0.2) is 0 Å². The van der Waals surface area contributed by atoms with E-state index in [0.717, 1.165) is 60.7 Å². The summed E-state index contributed by atoms with van der Waals surface area (Å²) in [6.45, 7) is 5.04. The third-order valence-corrected chi connectivity index (χ3v) is 5.66. The number of benzene rings is 1. The van der Waals surface area contributed by atoms with Gasteiger partial charge in [-0.3, -0.25) is 0 Å². The number of hydrogen-bond donors (Lipinski definition) is 1. The number of anilines is 3. The summed E-state index contributed by atoms with van der Waals surface area (Å²) < 4.78 is 9.59. The molecular weight excluding hydrogens is 366 g/mol. The Morgan fingerprint density at radius 1 is 1.24 bits per heavy atom.